The molecule has 2 aromatic rings. The molecule has 0 heterocycles. The third-order valence-corrected chi connectivity index (χ3v) is 4.74. The summed E-state index contributed by atoms with van der Waals surface area (Å²) in [5.41, 5.74) is 0. The van der Waals surface area contributed by atoms with Gasteiger partial charge in [0.1, 0.15) is 0 Å². The summed E-state index contributed by atoms with van der Waals surface area (Å²) in [6.07, 6.45) is 0. The van der Waals surface area contributed by atoms with Gasteiger partial charge >= 0.3 is 0 Å². The maximum absolute atomic E-state index is 12.4. The zero-order chi connectivity index (χ0) is 12.5. The molecular formula is C12H9Cl2O2P. The van der Waals surface area contributed by atoms with E-state index in [2.05, 4.69) is 0 Å². The van der Waals surface area contributed by atoms with Crippen molar-refractivity contribution in [3.63, 3.8) is 0 Å². The zero-order valence-electron chi connectivity index (χ0n) is 8.68. The number of halogens is 2. The summed E-state index contributed by atoms with van der Waals surface area (Å²) >= 11 is 11.6. The predicted molar refractivity (Wildman–Crippen MR) is 72.0 cm³/mol. The van der Waals surface area contributed by atoms with Crippen LogP contribution in [0.4, 0.5) is 0 Å². The molecule has 0 amide bonds. The zero-order valence-corrected chi connectivity index (χ0v) is 11.1. The van der Waals surface area contributed by atoms with Crippen LogP contribution < -0.4 is 10.6 Å². The molecule has 0 atom stereocenters. The first-order valence-electron chi connectivity index (χ1n) is 4.85. The molecule has 2 aromatic carbocycles. The summed E-state index contributed by atoms with van der Waals surface area (Å²) in [5, 5.41) is 1.46. The molecule has 0 spiro atoms. The molecule has 0 saturated heterocycles. The Hall–Kier alpha value is -0.790. The van der Waals surface area contributed by atoms with Gasteiger partial charge in [0.15, 0.2) is 0 Å². The van der Waals surface area contributed by atoms with Crippen molar-refractivity contribution in [1.82, 2.24) is 0 Å². The maximum Gasteiger partial charge on any atom is 0.258 e. The van der Waals surface area contributed by atoms with Crippen molar-refractivity contribution in [2.45, 2.75) is 0 Å². The smallest absolute Gasteiger partial charge is 0.258 e. The van der Waals surface area contributed by atoms with Crippen molar-refractivity contribution in [1.29, 1.82) is 0 Å². The van der Waals surface area contributed by atoms with E-state index in [1.54, 1.807) is 36.4 Å². The van der Waals surface area contributed by atoms with Crippen LogP contribution >= 0.6 is 30.6 Å². The SMILES string of the molecule is O=P(O)(c1cccc(Cl)c1)c1cccc(Cl)c1. The lowest BCUT2D eigenvalue weighted by Gasteiger charge is -2.12. The van der Waals surface area contributed by atoms with Crippen molar-refractivity contribution in [2.75, 3.05) is 0 Å². The minimum absolute atomic E-state index is 0.298. The van der Waals surface area contributed by atoms with Crippen LogP contribution in [-0.2, 0) is 4.57 Å². The highest BCUT2D eigenvalue weighted by Crippen LogP contribution is 2.39. The molecule has 0 aliphatic carbocycles. The van der Waals surface area contributed by atoms with Gasteiger partial charge in [0.2, 0.25) is 0 Å². The van der Waals surface area contributed by atoms with Crippen LogP contribution in [0.2, 0.25) is 10.0 Å². The van der Waals surface area contributed by atoms with E-state index >= 15 is 0 Å². The highest BCUT2D eigenvalue weighted by Gasteiger charge is 2.24. The first kappa shape index (κ1) is 12.7. The highest BCUT2D eigenvalue weighted by molar-refractivity contribution is 7.73. The molecule has 0 aromatic heterocycles. The van der Waals surface area contributed by atoms with Gasteiger partial charge in [-0.15, -0.1) is 0 Å². The largest absolute Gasteiger partial charge is 0.338 e. The fraction of sp³-hybridized carbons (Fsp3) is 0. The molecule has 1 N–H and O–H groups in total. The van der Waals surface area contributed by atoms with Crippen molar-refractivity contribution < 1.29 is 9.46 Å². The Bertz CT molecular complexity index is 549. The minimum atomic E-state index is -3.62. The van der Waals surface area contributed by atoms with Gasteiger partial charge in [-0.25, -0.2) is 0 Å². The normalized spacial score (nSPS) is 11.5. The second-order valence-electron chi connectivity index (χ2n) is 3.54. The molecule has 0 radical (unpaired) electrons. The van der Waals surface area contributed by atoms with E-state index < -0.39 is 7.37 Å². The topological polar surface area (TPSA) is 37.3 Å². The van der Waals surface area contributed by atoms with Crippen molar-refractivity contribution in [3.05, 3.63) is 58.6 Å². The first-order valence-corrected chi connectivity index (χ1v) is 7.27. The Morgan fingerprint density at radius 1 is 0.882 bits per heavy atom. The van der Waals surface area contributed by atoms with Gasteiger partial charge < -0.3 is 4.89 Å². The van der Waals surface area contributed by atoms with Gasteiger partial charge in [-0.3, -0.25) is 4.57 Å². The molecule has 2 rings (SSSR count). The Labute approximate surface area is 109 Å². The average Bonchev–Trinajstić information content (AvgIpc) is 2.29. The third-order valence-electron chi connectivity index (χ3n) is 2.32. The van der Waals surface area contributed by atoms with Gasteiger partial charge in [-0.1, -0.05) is 35.3 Å². The molecule has 5 heteroatoms. The molecule has 2 nitrogen and oxygen atoms in total. The summed E-state index contributed by atoms with van der Waals surface area (Å²) in [7, 11) is -3.62. The van der Waals surface area contributed by atoms with Crippen LogP contribution in [0.15, 0.2) is 48.5 Å². The van der Waals surface area contributed by atoms with Crippen LogP contribution in [0.25, 0.3) is 0 Å². The maximum atomic E-state index is 12.4. The molecule has 0 unspecified atom stereocenters. The molecular weight excluding hydrogens is 278 g/mol. The monoisotopic (exact) mass is 286 g/mol. The Morgan fingerprint density at radius 3 is 1.65 bits per heavy atom. The van der Waals surface area contributed by atoms with Crippen molar-refractivity contribution >= 4 is 41.2 Å². The number of hydrogen-bond acceptors (Lipinski definition) is 1. The quantitative estimate of drug-likeness (QED) is 0.861. The van der Waals surface area contributed by atoms with E-state index in [0.29, 0.717) is 20.7 Å². The Kier molecular flexibility index (Phi) is 3.60. The summed E-state index contributed by atoms with van der Waals surface area (Å²) in [5.74, 6) is 0. The number of hydrogen-bond donors (Lipinski definition) is 1. The fourth-order valence-electron chi connectivity index (χ4n) is 1.48. The summed E-state index contributed by atoms with van der Waals surface area (Å²) in [4.78, 5) is 10.1. The van der Waals surface area contributed by atoms with Crippen LogP contribution in [0.5, 0.6) is 0 Å². The lowest BCUT2D eigenvalue weighted by Crippen LogP contribution is -2.15. The summed E-state index contributed by atoms with van der Waals surface area (Å²) < 4.78 is 12.4. The Balaban J connectivity index is 2.53. The molecule has 0 fully saturated rings. The van der Waals surface area contributed by atoms with Crippen molar-refractivity contribution in [2.24, 2.45) is 0 Å². The fourth-order valence-corrected chi connectivity index (χ4v) is 3.51. The van der Waals surface area contributed by atoms with E-state index in [1.165, 1.54) is 12.1 Å². The molecule has 88 valence electrons. The lowest BCUT2D eigenvalue weighted by atomic mass is 10.4. The van der Waals surface area contributed by atoms with Crippen LogP contribution in [0.3, 0.4) is 0 Å². The van der Waals surface area contributed by atoms with Gasteiger partial charge in [0.25, 0.3) is 7.37 Å². The van der Waals surface area contributed by atoms with Gasteiger partial charge in [-0.05, 0) is 36.4 Å². The van der Waals surface area contributed by atoms with Gasteiger partial charge in [0.05, 0.1) is 0 Å². The third kappa shape index (κ3) is 2.72. The van der Waals surface area contributed by atoms with E-state index in [1.807, 2.05) is 0 Å². The molecule has 0 aliphatic rings. The first-order chi connectivity index (χ1) is 8.00. The minimum Gasteiger partial charge on any atom is -0.338 e. The molecule has 0 saturated carbocycles. The van der Waals surface area contributed by atoms with E-state index in [0.717, 1.165) is 0 Å². The van der Waals surface area contributed by atoms with E-state index in [9.17, 15) is 9.46 Å². The molecule has 17 heavy (non-hydrogen) atoms. The lowest BCUT2D eigenvalue weighted by molar-refractivity contribution is 0.501. The highest BCUT2D eigenvalue weighted by atomic mass is 35.5. The van der Waals surface area contributed by atoms with Gasteiger partial charge in [-0.2, -0.15) is 0 Å². The molecule has 0 aliphatic heterocycles. The average molecular weight is 287 g/mol. The van der Waals surface area contributed by atoms with Gasteiger partial charge in [0, 0.05) is 20.7 Å². The van der Waals surface area contributed by atoms with E-state index in [4.69, 9.17) is 23.2 Å². The predicted octanol–water partition coefficient (Wildman–Crippen LogP) is 3.21. The van der Waals surface area contributed by atoms with Crippen LogP contribution in [0.1, 0.15) is 0 Å². The Morgan fingerprint density at radius 2 is 1.29 bits per heavy atom. The molecule has 0 bridgehead atoms. The van der Waals surface area contributed by atoms with E-state index in [-0.39, 0.29) is 0 Å². The second kappa shape index (κ2) is 4.83. The summed E-state index contributed by atoms with van der Waals surface area (Å²) in [6.45, 7) is 0. The van der Waals surface area contributed by atoms with Crippen molar-refractivity contribution in [3.8, 4) is 0 Å². The number of rotatable bonds is 2. The standard InChI is InChI=1S/C12H9Cl2O2P/c13-9-3-1-5-11(7-9)17(15,16)12-6-2-4-10(14)8-12/h1-8H,(H,15,16). The number of benzene rings is 2. The van der Waals surface area contributed by atoms with Crippen LogP contribution in [0, 0.1) is 0 Å². The summed E-state index contributed by atoms with van der Waals surface area (Å²) in [6, 6.07) is 12.7. The second-order valence-corrected chi connectivity index (χ2v) is 6.59. The van der Waals surface area contributed by atoms with Crippen LogP contribution in [-0.4, -0.2) is 4.89 Å².